The van der Waals surface area contributed by atoms with Crippen LogP contribution in [0.3, 0.4) is 0 Å². The van der Waals surface area contributed by atoms with Crippen LogP contribution in [0.1, 0.15) is 41.3 Å². The molecule has 1 atom stereocenters. The summed E-state index contributed by atoms with van der Waals surface area (Å²) in [6.45, 7) is 5.06. The molecule has 0 fully saturated rings. The van der Waals surface area contributed by atoms with Gasteiger partial charge in [0.25, 0.3) is 5.91 Å². The molecular weight excluding hydrogens is 301 g/mol. The molecule has 1 unspecified atom stereocenters. The van der Waals surface area contributed by atoms with Crippen LogP contribution in [-0.4, -0.2) is 17.0 Å². The van der Waals surface area contributed by atoms with Crippen LogP contribution >= 0.6 is 0 Å². The molecule has 1 amide bonds. The standard InChI is InChI=1S/C17H18FNO4/c1-4-13-10(2)9-14(23-13)15(20)19-17(3,16(21)22)11-5-7-12(18)8-6-11/h5-9H,4H2,1-3H3,(H,19,20)(H,21,22). The number of aryl methyl sites for hydroxylation is 2. The lowest BCUT2D eigenvalue weighted by atomic mass is 9.92. The fourth-order valence-corrected chi connectivity index (χ4v) is 2.30. The number of furan rings is 1. The number of hydrogen-bond acceptors (Lipinski definition) is 3. The van der Waals surface area contributed by atoms with Crippen molar-refractivity contribution in [1.29, 1.82) is 0 Å². The molecule has 0 aliphatic heterocycles. The van der Waals surface area contributed by atoms with Crippen molar-refractivity contribution in [1.82, 2.24) is 5.32 Å². The van der Waals surface area contributed by atoms with Crippen molar-refractivity contribution in [3.05, 3.63) is 58.8 Å². The van der Waals surface area contributed by atoms with Crippen LogP contribution in [0.2, 0.25) is 0 Å². The van der Waals surface area contributed by atoms with Crippen molar-refractivity contribution < 1.29 is 23.5 Å². The zero-order valence-electron chi connectivity index (χ0n) is 13.1. The molecule has 0 spiro atoms. The Morgan fingerprint density at radius 2 is 1.91 bits per heavy atom. The maximum atomic E-state index is 13.0. The fraction of sp³-hybridized carbons (Fsp3) is 0.294. The van der Waals surface area contributed by atoms with Gasteiger partial charge in [0.1, 0.15) is 11.6 Å². The van der Waals surface area contributed by atoms with E-state index in [1.807, 2.05) is 13.8 Å². The van der Waals surface area contributed by atoms with Gasteiger partial charge in [-0.15, -0.1) is 0 Å². The van der Waals surface area contributed by atoms with E-state index in [-0.39, 0.29) is 11.3 Å². The molecule has 0 radical (unpaired) electrons. The minimum Gasteiger partial charge on any atom is -0.479 e. The van der Waals surface area contributed by atoms with Crippen molar-refractivity contribution in [3.63, 3.8) is 0 Å². The summed E-state index contributed by atoms with van der Waals surface area (Å²) in [6, 6.07) is 6.52. The molecule has 0 saturated heterocycles. The second-order valence-electron chi connectivity index (χ2n) is 5.46. The van der Waals surface area contributed by atoms with Crippen LogP contribution in [0.5, 0.6) is 0 Å². The molecule has 6 heteroatoms. The quantitative estimate of drug-likeness (QED) is 0.888. The molecule has 0 bridgehead atoms. The number of nitrogens with one attached hydrogen (secondary N) is 1. The Kier molecular flexibility index (Phi) is 4.54. The summed E-state index contributed by atoms with van der Waals surface area (Å²) in [5.74, 6) is -1.65. The number of carbonyl (C=O) groups is 2. The van der Waals surface area contributed by atoms with Gasteiger partial charge in [0.05, 0.1) is 0 Å². The predicted octanol–water partition coefficient (Wildman–Crippen LogP) is 3.02. The van der Waals surface area contributed by atoms with E-state index >= 15 is 0 Å². The Hall–Kier alpha value is -2.63. The Morgan fingerprint density at radius 1 is 1.30 bits per heavy atom. The van der Waals surface area contributed by atoms with Crippen molar-refractivity contribution in [2.45, 2.75) is 32.7 Å². The SMILES string of the molecule is CCc1oc(C(=O)NC(C)(C(=O)O)c2ccc(F)cc2)cc1C. The third kappa shape index (κ3) is 3.26. The maximum absolute atomic E-state index is 13.0. The number of amides is 1. The normalized spacial score (nSPS) is 13.4. The highest BCUT2D eigenvalue weighted by atomic mass is 19.1. The van der Waals surface area contributed by atoms with Crippen LogP contribution in [0.15, 0.2) is 34.7 Å². The largest absolute Gasteiger partial charge is 0.479 e. The molecule has 1 aromatic heterocycles. The van der Waals surface area contributed by atoms with Gasteiger partial charge in [0, 0.05) is 6.42 Å². The molecule has 0 aliphatic rings. The molecule has 1 aromatic carbocycles. The minimum atomic E-state index is -1.70. The lowest BCUT2D eigenvalue weighted by molar-refractivity contribution is -0.144. The Labute approximate surface area is 133 Å². The highest BCUT2D eigenvalue weighted by Gasteiger charge is 2.37. The molecule has 2 rings (SSSR count). The zero-order chi connectivity index (χ0) is 17.2. The molecular formula is C17H18FNO4. The lowest BCUT2D eigenvalue weighted by Crippen LogP contribution is -2.49. The van der Waals surface area contributed by atoms with Crippen molar-refractivity contribution in [2.24, 2.45) is 0 Å². The molecule has 2 aromatic rings. The average Bonchev–Trinajstić information content (AvgIpc) is 2.88. The van der Waals surface area contributed by atoms with Crippen LogP contribution in [0, 0.1) is 12.7 Å². The Balaban J connectivity index is 2.33. The second-order valence-corrected chi connectivity index (χ2v) is 5.46. The van der Waals surface area contributed by atoms with Crippen LogP contribution in [-0.2, 0) is 16.8 Å². The molecule has 122 valence electrons. The molecule has 23 heavy (non-hydrogen) atoms. The third-order valence-corrected chi connectivity index (χ3v) is 3.78. The van der Waals surface area contributed by atoms with Crippen molar-refractivity contribution in [2.75, 3.05) is 0 Å². The number of rotatable bonds is 5. The third-order valence-electron chi connectivity index (χ3n) is 3.78. The van der Waals surface area contributed by atoms with Gasteiger partial charge in [-0.1, -0.05) is 19.1 Å². The first-order valence-electron chi connectivity index (χ1n) is 7.19. The first-order chi connectivity index (χ1) is 10.8. The first-order valence-corrected chi connectivity index (χ1v) is 7.19. The van der Waals surface area contributed by atoms with Gasteiger partial charge in [0.15, 0.2) is 11.3 Å². The molecule has 2 N–H and O–H groups in total. The van der Waals surface area contributed by atoms with Gasteiger partial charge in [0.2, 0.25) is 0 Å². The number of halogens is 1. The number of carboxylic acids is 1. The number of hydrogen-bond donors (Lipinski definition) is 2. The smallest absolute Gasteiger partial charge is 0.333 e. The topological polar surface area (TPSA) is 79.5 Å². The summed E-state index contributed by atoms with van der Waals surface area (Å²) < 4.78 is 18.5. The van der Waals surface area contributed by atoms with Crippen molar-refractivity contribution >= 4 is 11.9 Å². The van der Waals surface area contributed by atoms with E-state index in [1.165, 1.54) is 19.1 Å². The van der Waals surface area contributed by atoms with E-state index in [0.29, 0.717) is 12.2 Å². The van der Waals surface area contributed by atoms with E-state index in [1.54, 1.807) is 6.07 Å². The molecule has 0 aliphatic carbocycles. The predicted molar refractivity (Wildman–Crippen MR) is 81.7 cm³/mol. The minimum absolute atomic E-state index is 0.0499. The molecule has 1 heterocycles. The summed E-state index contributed by atoms with van der Waals surface area (Å²) in [4.78, 5) is 24.0. The van der Waals surface area contributed by atoms with Gasteiger partial charge >= 0.3 is 5.97 Å². The summed E-state index contributed by atoms with van der Waals surface area (Å²) in [5.41, 5.74) is -0.604. The van der Waals surface area contributed by atoms with E-state index in [2.05, 4.69) is 5.32 Å². The molecule has 5 nitrogen and oxygen atoms in total. The van der Waals surface area contributed by atoms with Gasteiger partial charge in [-0.25, -0.2) is 9.18 Å². The number of carboxylic acid groups (broad SMARTS) is 1. The average molecular weight is 319 g/mol. The van der Waals surface area contributed by atoms with Gasteiger partial charge in [-0.05, 0) is 43.2 Å². The van der Waals surface area contributed by atoms with E-state index in [4.69, 9.17) is 4.42 Å². The maximum Gasteiger partial charge on any atom is 0.333 e. The Morgan fingerprint density at radius 3 is 2.39 bits per heavy atom. The van der Waals surface area contributed by atoms with Crippen LogP contribution in [0.25, 0.3) is 0 Å². The molecule has 0 saturated carbocycles. The summed E-state index contributed by atoms with van der Waals surface area (Å²) >= 11 is 0. The van der Waals surface area contributed by atoms with Crippen LogP contribution in [0.4, 0.5) is 4.39 Å². The summed E-state index contributed by atoms with van der Waals surface area (Å²) in [6.07, 6.45) is 0.632. The Bertz CT molecular complexity index is 736. The van der Waals surface area contributed by atoms with Gasteiger partial charge in [-0.2, -0.15) is 0 Å². The second kappa shape index (κ2) is 6.24. The highest BCUT2D eigenvalue weighted by Crippen LogP contribution is 2.23. The van der Waals surface area contributed by atoms with Gasteiger partial charge < -0.3 is 14.8 Å². The number of aliphatic carboxylic acids is 1. The monoisotopic (exact) mass is 319 g/mol. The summed E-state index contributed by atoms with van der Waals surface area (Å²) in [5, 5.41) is 12.0. The highest BCUT2D eigenvalue weighted by molar-refractivity contribution is 5.96. The zero-order valence-corrected chi connectivity index (χ0v) is 13.1. The van der Waals surface area contributed by atoms with E-state index < -0.39 is 23.2 Å². The van der Waals surface area contributed by atoms with E-state index in [9.17, 15) is 19.1 Å². The van der Waals surface area contributed by atoms with Crippen molar-refractivity contribution in [3.8, 4) is 0 Å². The number of benzene rings is 1. The lowest BCUT2D eigenvalue weighted by Gasteiger charge is -2.26. The summed E-state index contributed by atoms with van der Waals surface area (Å²) in [7, 11) is 0. The number of carbonyl (C=O) groups excluding carboxylic acids is 1. The fourth-order valence-electron chi connectivity index (χ4n) is 2.30. The van der Waals surface area contributed by atoms with E-state index in [0.717, 1.165) is 17.7 Å². The van der Waals surface area contributed by atoms with Crippen LogP contribution < -0.4 is 5.32 Å². The van der Waals surface area contributed by atoms with Gasteiger partial charge in [-0.3, -0.25) is 4.79 Å². The first kappa shape index (κ1) is 16.7.